The first-order valence-electron chi connectivity index (χ1n) is 5.53. The fourth-order valence-electron chi connectivity index (χ4n) is 2.21. The molecule has 2 rings (SSSR count). The van der Waals surface area contributed by atoms with Gasteiger partial charge in [-0.25, -0.2) is 0 Å². The normalized spacial score (nSPS) is 19.1. The van der Waals surface area contributed by atoms with E-state index in [0.717, 1.165) is 18.4 Å². The largest absolute Gasteiger partial charge is 0.508 e. The SMILES string of the molecule is CC(Cc1cccc(O)c1)(C(=O)O)C1CC1. The summed E-state index contributed by atoms with van der Waals surface area (Å²) in [6.45, 7) is 1.80. The number of hydrogen-bond acceptors (Lipinski definition) is 2. The summed E-state index contributed by atoms with van der Waals surface area (Å²) in [6, 6.07) is 6.85. The summed E-state index contributed by atoms with van der Waals surface area (Å²) in [4.78, 5) is 11.3. The average Bonchev–Trinajstić information content (AvgIpc) is 3.00. The molecule has 3 nitrogen and oxygen atoms in total. The van der Waals surface area contributed by atoms with Crippen LogP contribution < -0.4 is 0 Å². The van der Waals surface area contributed by atoms with E-state index < -0.39 is 11.4 Å². The van der Waals surface area contributed by atoms with Gasteiger partial charge in [-0.1, -0.05) is 12.1 Å². The minimum Gasteiger partial charge on any atom is -0.508 e. The lowest BCUT2D eigenvalue weighted by Crippen LogP contribution is -2.32. The number of aliphatic carboxylic acids is 1. The van der Waals surface area contributed by atoms with E-state index >= 15 is 0 Å². The van der Waals surface area contributed by atoms with Crippen LogP contribution in [0.4, 0.5) is 0 Å². The fourth-order valence-corrected chi connectivity index (χ4v) is 2.21. The van der Waals surface area contributed by atoms with Crippen molar-refractivity contribution in [3.63, 3.8) is 0 Å². The molecule has 0 spiro atoms. The molecular weight excluding hydrogens is 204 g/mol. The Balaban J connectivity index is 2.21. The van der Waals surface area contributed by atoms with Crippen LogP contribution in [0.15, 0.2) is 24.3 Å². The number of benzene rings is 1. The molecule has 86 valence electrons. The minimum absolute atomic E-state index is 0.195. The van der Waals surface area contributed by atoms with Gasteiger partial charge in [0.2, 0.25) is 0 Å². The Morgan fingerprint density at radius 3 is 2.69 bits per heavy atom. The van der Waals surface area contributed by atoms with Crippen LogP contribution in [0, 0.1) is 11.3 Å². The molecule has 0 amide bonds. The van der Waals surface area contributed by atoms with Gasteiger partial charge in [0.05, 0.1) is 5.41 Å². The predicted molar refractivity (Wildman–Crippen MR) is 60.3 cm³/mol. The van der Waals surface area contributed by atoms with E-state index in [2.05, 4.69) is 0 Å². The predicted octanol–water partition coefficient (Wildman–Crippen LogP) is 2.44. The summed E-state index contributed by atoms with van der Waals surface area (Å²) < 4.78 is 0. The van der Waals surface area contributed by atoms with Crippen LogP contribution in [0.2, 0.25) is 0 Å². The van der Waals surface area contributed by atoms with Crippen LogP contribution in [0.1, 0.15) is 25.3 Å². The second-order valence-electron chi connectivity index (χ2n) is 4.84. The third-order valence-corrected chi connectivity index (χ3v) is 3.45. The van der Waals surface area contributed by atoms with Crippen LogP contribution in [0.5, 0.6) is 5.75 Å². The van der Waals surface area contributed by atoms with Gasteiger partial charge in [0.1, 0.15) is 5.75 Å². The zero-order chi connectivity index (χ0) is 11.8. The van der Waals surface area contributed by atoms with Gasteiger partial charge in [0.25, 0.3) is 0 Å². The van der Waals surface area contributed by atoms with Crippen LogP contribution >= 0.6 is 0 Å². The molecule has 3 heteroatoms. The highest BCUT2D eigenvalue weighted by Crippen LogP contribution is 2.47. The second-order valence-corrected chi connectivity index (χ2v) is 4.84. The number of rotatable bonds is 4. The van der Waals surface area contributed by atoms with Gasteiger partial charge in [0.15, 0.2) is 0 Å². The van der Waals surface area contributed by atoms with Crippen LogP contribution in [-0.4, -0.2) is 16.2 Å². The lowest BCUT2D eigenvalue weighted by atomic mass is 9.79. The van der Waals surface area contributed by atoms with Gasteiger partial charge in [-0.15, -0.1) is 0 Å². The molecular formula is C13H16O3. The third kappa shape index (κ3) is 2.03. The quantitative estimate of drug-likeness (QED) is 0.819. The molecule has 0 radical (unpaired) electrons. The van der Waals surface area contributed by atoms with E-state index in [1.807, 2.05) is 6.07 Å². The highest BCUT2D eigenvalue weighted by Gasteiger charge is 2.47. The number of carbonyl (C=O) groups is 1. The van der Waals surface area contributed by atoms with Gasteiger partial charge < -0.3 is 10.2 Å². The van der Waals surface area contributed by atoms with E-state index in [9.17, 15) is 15.0 Å². The van der Waals surface area contributed by atoms with Gasteiger partial charge in [-0.2, -0.15) is 0 Å². The van der Waals surface area contributed by atoms with Gasteiger partial charge in [0, 0.05) is 0 Å². The number of carboxylic acids is 1. The van der Waals surface area contributed by atoms with Crippen molar-refractivity contribution < 1.29 is 15.0 Å². The maximum absolute atomic E-state index is 11.3. The first-order valence-corrected chi connectivity index (χ1v) is 5.53. The van der Waals surface area contributed by atoms with Crippen molar-refractivity contribution in [1.82, 2.24) is 0 Å². The first kappa shape index (κ1) is 11.0. The summed E-state index contributed by atoms with van der Waals surface area (Å²) in [5.41, 5.74) is 0.199. The molecule has 1 atom stereocenters. The standard InChI is InChI=1S/C13H16O3/c1-13(12(15)16,10-5-6-10)8-9-3-2-4-11(14)7-9/h2-4,7,10,14H,5-6,8H2,1H3,(H,15,16). The summed E-state index contributed by atoms with van der Waals surface area (Å²) in [5.74, 6) is -0.258. The first-order chi connectivity index (χ1) is 7.52. The molecule has 2 N–H and O–H groups in total. The molecule has 0 aromatic heterocycles. The molecule has 16 heavy (non-hydrogen) atoms. The molecule has 1 aromatic carbocycles. The number of carboxylic acid groups (broad SMARTS) is 1. The smallest absolute Gasteiger partial charge is 0.309 e. The summed E-state index contributed by atoms with van der Waals surface area (Å²) in [7, 11) is 0. The lowest BCUT2D eigenvalue weighted by molar-refractivity contribution is -0.149. The summed E-state index contributed by atoms with van der Waals surface area (Å²) in [6.07, 6.45) is 2.49. The van der Waals surface area contributed by atoms with Crippen molar-refractivity contribution in [3.8, 4) is 5.75 Å². The molecule has 0 heterocycles. The molecule has 0 saturated heterocycles. The van der Waals surface area contributed by atoms with Crippen molar-refractivity contribution in [1.29, 1.82) is 0 Å². The molecule has 0 bridgehead atoms. The van der Waals surface area contributed by atoms with Crippen molar-refractivity contribution in [2.75, 3.05) is 0 Å². The number of phenols is 1. The van der Waals surface area contributed by atoms with Crippen LogP contribution in [0.25, 0.3) is 0 Å². The van der Waals surface area contributed by atoms with Crippen molar-refractivity contribution in [2.45, 2.75) is 26.2 Å². The summed E-state index contributed by atoms with van der Waals surface area (Å²) in [5, 5.41) is 18.7. The highest BCUT2D eigenvalue weighted by atomic mass is 16.4. The van der Waals surface area contributed by atoms with Gasteiger partial charge in [-0.3, -0.25) is 4.79 Å². The molecule has 1 unspecified atom stereocenters. The molecule has 1 fully saturated rings. The van der Waals surface area contributed by atoms with Gasteiger partial charge in [-0.05, 0) is 49.8 Å². The zero-order valence-electron chi connectivity index (χ0n) is 9.31. The van der Waals surface area contributed by atoms with Crippen LogP contribution in [-0.2, 0) is 11.2 Å². The Labute approximate surface area is 94.7 Å². The van der Waals surface area contributed by atoms with Crippen molar-refractivity contribution in [3.05, 3.63) is 29.8 Å². The molecule has 1 aromatic rings. The Hall–Kier alpha value is -1.51. The third-order valence-electron chi connectivity index (χ3n) is 3.45. The molecule has 1 aliphatic rings. The topological polar surface area (TPSA) is 57.5 Å². The summed E-state index contributed by atoms with van der Waals surface area (Å²) >= 11 is 0. The molecule has 1 aliphatic carbocycles. The van der Waals surface area contributed by atoms with E-state index in [-0.39, 0.29) is 11.7 Å². The second kappa shape index (κ2) is 3.81. The van der Waals surface area contributed by atoms with Gasteiger partial charge >= 0.3 is 5.97 Å². The number of hydrogen-bond donors (Lipinski definition) is 2. The highest BCUT2D eigenvalue weighted by molar-refractivity contribution is 5.75. The van der Waals surface area contributed by atoms with Crippen molar-refractivity contribution in [2.24, 2.45) is 11.3 Å². The van der Waals surface area contributed by atoms with E-state index in [1.54, 1.807) is 25.1 Å². The maximum Gasteiger partial charge on any atom is 0.309 e. The number of phenolic OH excluding ortho intramolecular Hbond substituents is 1. The fraction of sp³-hybridized carbons (Fsp3) is 0.462. The number of aromatic hydroxyl groups is 1. The van der Waals surface area contributed by atoms with E-state index in [0.29, 0.717) is 6.42 Å². The van der Waals surface area contributed by atoms with Crippen molar-refractivity contribution >= 4 is 5.97 Å². The molecule has 0 aliphatic heterocycles. The molecule has 1 saturated carbocycles. The van der Waals surface area contributed by atoms with Crippen LogP contribution in [0.3, 0.4) is 0 Å². The minimum atomic E-state index is -0.738. The lowest BCUT2D eigenvalue weighted by Gasteiger charge is -2.24. The monoisotopic (exact) mass is 220 g/mol. The van der Waals surface area contributed by atoms with E-state index in [4.69, 9.17) is 0 Å². The Kier molecular flexibility index (Phi) is 2.62. The Morgan fingerprint density at radius 1 is 1.50 bits per heavy atom. The zero-order valence-corrected chi connectivity index (χ0v) is 9.31. The Morgan fingerprint density at radius 2 is 2.19 bits per heavy atom. The Bertz CT molecular complexity index is 409. The van der Waals surface area contributed by atoms with E-state index in [1.165, 1.54) is 0 Å². The maximum atomic E-state index is 11.3. The average molecular weight is 220 g/mol.